The smallest absolute Gasteiger partial charge is 0.289 e. The average molecular weight is 291 g/mol. The molecule has 2 rings (SSSR count). The van der Waals surface area contributed by atoms with E-state index in [0.29, 0.717) is 25.3 Å². The molecular formula is C15H21N3O3. The molecule has 0 radical (unpaired) electrons. The van der Waals surface area contributed by atoms with Crippen LogP contribution >= 0.6 is 0 Å². The van der Waals surface area contributed by atoms with Crippen LogP contribution in [-0.4, -0.2) is 61.6 Å². The van der Waals surface area contributed by atoms with Crippen molar-refractivity contribution in [3.63, 3.8) is 0 Å². The van der Waals surface area contributed by atoms with Crippen molar-refractivity contribution in [3.8, 4) is 6.07 Å². The fourth-order valence-corrected chi connectivity index (χ4v) is 2.32. The maximum atomic E-state index is 12.5. The van der Waals surface area contributed by atoms with Crippen LogP contribution in [0.2, 0.25) is 0 Å². The van der Waals surface area contributed by atoms with Gasteiger partial charge in [0.1, 0.15) is 0 Å². The third kappa shape index (κ3) is 4.31. The van der Waals surface area contributed by atoms with Crippen molar-refractivity contribution in [3.05, 3.63) is 23.7 Å². The highest BCUT2D eigenvalue weighted by Gasteiger charge is 2.21. The van der Waals surface area contributed by atoms with Crippen molar-refractivity contribution in [2.75, 3.05) is 45.9 Å². The molecule has 0 aromatic carbocycles. The molecule has 6 heteroatoms. The molecule has 0 atom stereocenters. The molecule has 1 aromatic rings. The van der Waals surface area contributed by atoms with Crippen LogP contribution < -0.4 is 0 Å². The fraction of sp³-hybridized carbons (Fsp3) is 0.600. The molecule has 0 saturated carbocycles. The molecule has 2 heterocycles. The van der Waals surface area contributed by atoms with E-state index in [4.69, 9.17) is 14.4 Å². The Kier molecular flexibility index (Phi) is 5.78. The largest absolute Gasteiger partial charge is 0.459 e. The number of amides is 1. The van der Waals surface area contributed by atoms with E-state index in [1.165, 1.54) is 6.26 Å². The summed E-state index contributed by atoms with van der Waals surface area (Å²) in [5.74, 6) is 0.232. The molecule has 114 valence electrons. The molecule has 0 aliphatic carbocycles. The third-order valence-corrected chi connectivity index (χ3v) is 3.63. The standard InChI is InChI=1S/C15H21N3O3/c1-13-3-10-21-14(13)15(19)18(5-2-4-16)7-6-17-8-11-20-12-9-17/h3,10H,2,5-9,11-12H2,1H3. The second-order valence-corrected chi connectivity index (χ2v) is 5.09. The van der Waals surface area contributed by atoms with Crippen molar-refractivity contribution < 1.29 is 13.9 Å². The van der Waals surface area contributed by atoms with Gasteiger partial charge < -0.3 is 14.1 Å². The van der Waals surface area contributed by atoms with E-state index in [1.54, 1.807) is 11.0 Å². The number of nitrogens with zero attached hydrogens (tertiary/aromatic N) is 3. The summed E-state index contributed by atoms with van der Waals surface area (Å²) in [6, 6.07) is 3.87. The van der Waals surface area contributed by atoms with Crippen molar-refractivity contribution in [2.24, 2.45) is 0 Å². The van der Waals surface area contributed by atoms with Gasteiger partial charge in [-0.3, -0.25) is 9.69 Å². The van der Waals surface area contributed by atoms with Gasteiger partial charge in [-0.2, -0.15) is 5.26 Å². The summed E-state index contributed by atoms with van der Waals surface area (Å²) in [6.07, 6.45) is 1.85. The molecule has 0 bridgehead atoms. The summed E-state index contributed by atoms with van der Waals surface area (Å²) in [5, 5.41) is 8.76. The minimum absolute atomic E-state index is 0.138. The van der Waals surface area contributed by atoms with E-state index in [-0.39, 0.29) is 5.91 Å². The van der Waals surface area contributed by atoms with Gasteiger partial charge in [0.05, 0.1) is 32.0 Å². The van der Waals surface area contributed by atoms with E-state index in [1.807, 2.05) is 6.92 Å². The number of furan rings is 1. The number of hydrogen-bond donors (Lipinski definition) is 0. The Balaban J connectivity index is 1.95. The van der Waals surface area contributed by atoms with Crippen LogP contribution in [0, 0.1) is 18.3 Å². The lowest BCUT2D eigenvalue weighted by molar-refractivity contribution is 0.0322. The van der Waals surface area contributed by atoms with Crippen molar-refractivity contribution in [1.29, 1.82) is 5.26 Å². The maximum absolute atomic E-state index is 12.5. The van der Waals surface area contributed by atoms with Gasteiger partial charge in [0, 0.05) is 38.3 Å². The van der Waals surface area contributed by atoms with E-state index in [0.717, 1.165) is 38.4 Å². The minimum atomic E-state index is -0.138. The number of carbonyl (C=O) groups excluding carboxylic acids is 1. The first-order chi connectivity index (χ1) is 10.2. The SMILES string of the molecule is Cc1ccoc1C(=O)N(CCC#N)CCN1CCOCC1. The molecule has 0 N–H and O–H groups in total. The van der Waals surface area contributed by atoms with Gasteiger partial charge >= 0.3 is 0 Å². The summed E-state index contributed by atoms with van der Waals surface area (Å²) in [6.45, 7) is 6.93. The summed E-state index contributed by atoms with van der Waals surface area (Å²) >= 11 is 0. The Hall–Kier alpha value is -1.84. The monoisotopic (exact) mass is 291 g/mol. The van der Waals surface area contributed by atoms with Crippen molar-refractivity contribution in [2.45, 2.75) is 13.3 Å². The van der Waals surface area contributed by atoms with Crippen LogP contribution in [0.3, 0.4) is 0 Å². The normalized spacial score (nSPS) is 15.6. The molecule has 0 unspecified atom stereocenters. The highest BCUT2D eigenvalue weighted by molar-refractivity contribution is 5.92. The summed E-state index contributed by atoms with van der Waals surface area (Å²) in [4.78, 5) is 16.5. The van der Waals surface area contributed by atoms with E-state index in [2.05, 4.69) is 11.0 Å². The molecule has 1 saturated heterocycles. The molecule has 1 fully saturated rings. The second-order valence-electron chi connectivity index (χ2n) is 5.09. The van der Waals surface area contributed by atoms with E-state index in [9.17, 15) is 4.79 Å². The van der Waals surface area contributed by atoms with Gasteiger partial charge in [-0.1, -0.05) is 0 Å². The van der Waals surface area contributed by atoms with Gasteiger partial charge in [-0.05, 0) is 13.0 Å². The first-order valence-electron chi connectivity index (χ1n) is 7.23. The minimum Gasteiger partial charge on any atom is -0.459 e. The number of carbonyl (C=O) groups is 1. The van der Waals surface area contributed by atoms with Gasteiger partial charge in [0.25, 0.3) is 5.91 Å². The van der Waals surface area contributed by atoms with Crippen molar-refractivity contribution >= 4 is 5.91 Å². The number of hydrogen-bond acceptors (Lipinski definition) is 5. The lowest BCUT2D eigenvalue weighted by Crippen LogP contribution is -2.43. The zero-order valence-electron chi connectivity index (χ0n) is 12.4. The number of aryl methyl sites for hydroxylation is 1. The quantitative estimate of drug-likeness (QED) is 0.789. The maximum Gasteiger partial charge on any atom is 0.289 e. The Bertz CT molecular complexity index is 501. The van der Waals surface area contributed by atoms with Crippen molar-refractivity contribution in [1.82, 2.24) is 9.80 Å². The number of nitriles is 1. The lowest BCUT2D eigenvalue weighted by Gasteiger charge is -2.29. The Morgan fingerprint density at radius 2 is 2.19 bits per heavy atom. The summed E-state index contributed by atoms with van der Waals surface area (Å²) < 4.78 is 10.6. The zero-order chi connectivity index (χ0) is 15.1. The number of rotatable bonds is 6. The van der Waals surface area contributed by atoms with Crippen LogP contribution in [0.15, 0.2) is 16.7 Å². The molecular weight excluding hydrogens is 270 g/mol. The molecule has 1 aromatic heterocycles. The highest BCUT2D eigenvalue weighted by atomic mass is 16.5. The summed E-state index contributed by atoms with van der Waals surface area (Å²) in [7, 11) is 0. The first-order valence-corrected chi connectivity index (χ1v) is 7.23. The van der Waals surface area contributed by atoms with Crippen LogP contribution in [0.1, 0.15) is 22.5 Å². The highest BCUT2D eigenvalue weighted by Crippen LogP contribution is 2.12. The molecule has 1 aliphatic heterocycles. The summed E-state index contributed by atoms with van der Waals surface area (Å²) in [5.41, 5.74) is 0.827. The van der Waals surface area contributed by atoms with Crippen LogP contribution in [0.25, 0.3) is 0 Å². The predicted octanol–water partition coefficient (Wildman–Crippen LogP) is 1.28. The Morgan fingerprint density at radius 3 is 2.81 bits per heavy atom. The molecule has 6 nitrogen and oxygen atoms in total. The van der Waals surface area contributed by atoms with Gasteiger partial charge in [0.2, 0.25) is 0 Å². The first kappa shape index (κ1) is 15.5. The van der Waals surface area contributed by atoms with Gasteiger partial charge in [0.15, 0.2) is 5.76 Å². The molecule has 1 aliphatic rings. The van der Waals surface area contributed by atoms with Crippen LogP contribution in [0.5, 0.6) is 0 Å². The third-order valence-electron chi connectivity index (χ3n) is 3.63. The van der Waals surface area contributed by atoms with Gasteiger partial charge in [-0.15, -0.1) is 0 Å². The Morgan fingerprint density at radius 1 is 1.43 bits per heavy atom. The molecule has 1 amide bonds. The average Bonchev–Trinajstić information content (AvgIpc) is 2.94. The number of morpholine rings is 1. The zero-order valence-corrected chi connectivity index (χ0v) is 12.4. The fourth-order valence-electron chi connectivity index (χ4n) is 2.32. The molecule has 0 spiro atoms. The lowest BCUT2D eigenvalue weighted by atomic mass is 10.2. The van der Waals surface area contributed by atoms with Crippen LogP contribution in [0.4, 0.5) is 0 Å². The van der Waals surface area contributed by atoms with Gasteiger partial charge in [-0.25, -0.2) is 0 Å². The van der Waals surface area contributed by atoms with E-state index >= 15 is 0 Å². The second kappa shape index (κ2) is 7.81. The number of ether oxygens (including phenoxy) is 1. The van der Waals surface area contributed by atoms with Crippen LogP contribution in [-0.2, 0) is 4.74 Å². The topological polar surface area (TPSA) is 69.7 Å². The van der Waals surface area contributed by atoms with E-state index < -0.39 is 0 Å². The predicted molar refractivity (Wildman–Crippen MR) is 76.8 cm³/mol. The molecule has 21 heavy (non-hydrogen) atoms. The Labute approximate surface area is 124 Å².